The quantitative estimate of drug-likeness (QED) is 0.652. The van der Waals surface area contributed by atoms with Crippen molar-refractivity contribution in [1.29, 1.82) is 5.26 Å². The van der Waals surface area contributed by atoms with Gasteiger partial charge in [-0.2, -0.15) is 14.0 Å². The second-order valence-corrected chi connectivity index (χ2v) is 5.76. The smallest absolute Gasteiger partial charge is 0.408 e. The Morgan fingerprint density at radius 3 is 2.58 bits per heavy atom. The van der Waals surface area contributed by atoms with Gasteiger partial charge in [0.05, 0.1) is 6.07 Å². The molecule has 0 heterocycles. The second kappa shape index (κ2) is 10.9. The number of carbonyl (C=O) groups is 2. The van der Waals surface area contributed by atoms with E-state index in [4.69, 9.17) is 10.00 Å². The Kier molecular flexibility index (Phi) is 8.84. The summed E-state index contributed by atoms with van der Waals surface area (Å²) in [6.07, 6.45) is -0.535. The topological polar surface area (TPSA) is 100 Å². The number of ether oxygens (including phenoxy) is 2. The lowest BCUT2D eigenvalue weighted by Gasteiger charge is -2.19. The van der Waals surface area contributed by atoms with Gasteiger partial charge in [-0.25, -0.2) is 4.79 Å². The number of carbonyl (C=O) groups excluding carboxylic acids is 2. The van der Waals surface area contributed by atoms with Gasteiger partial charge in [-0.3, -0.25) is 4.79 Å². The lowest BCUT2D eigenvalue weighted by molar-refractivity contribution is -0.123. The Hall–Kier alpha value is -2.89. The molecule has 142 valence electrons. The summed E-state index contributed by atoms with van der Waals surface area (Å²) in [5.74, 6) is -0.493. The predicted molar refractivity (Wildman–Crippen MR) is 88.3 cm³/mol. The standard InChI is InChI=1S/C17H21F2N3O4/c1-11(2)9-13(15(23)21-8-7-20)22-17(24)25-10-12-5-3-4-6-14(12)26-16(18)19/h3-6,11,13,16H,8-10H2,1-2H3,(H,21,23)(H,22,24)/t13-/m0/s1. The molecule has 0 aliphatic rings. The number of hydrogen-bond donors (Lipinski definition) is 2. The zero-order valence-electron chi connectivity index (χ0n) is 14.5. The maximum absolute atomic E-state index is 12.4. The number of benzene rings is 1. The van der Waals surface area contributed by atoms with E-state index in [2.05, 4.69) is 15.4 Å². The van der Waals surface area contributed by atoms with Crippen LogP contribution in [0.25, 0.3) is 0 Å². The van der Waals surface area contributed by atoms with Gasteiger partial charge in [-0.15, -0.1) is 0 Å². The van der Waals surface area contributed by atoms with E-state index in [1.54, 1.807) is 12.1 Å². The van der Waals surface area contributed by atoms with Crippen LogP contribution in [0.5, 0.6) is 5.75 Å². The normalized spacial score (nSPS) is 11.6. The average Bonchev–Trinajstić information content (AvgIpc) is 2.57. The van der Waals surface area contributed by atoms with Crippen molar-refractivity contribution in [3.63, 3.8) is 0 Å². The lowest BCUT2D eigenvalue weighted by Crippen LogP contribution is -2.47. The monoisotopic (exact) mass is 369 g/mol. The number of amides is 2. The number of halogens is 2. The van der Waals surface area contributed by atoms with E-state index in [0.29, 0.717) is 6.42 Å². The molecule has 0 saturated heterocycles. The zero-order valence-corrected chi connectivity index (χ0v) is 14.5. The first kappa shape index (κ1) is 21.2. The highest BCUT2D eigenvalue weighted by Crippen LogP contribution is 2.21. The van der Waals surface area contributed by atoms with Crippen LogP contribution in [-0.4, -0.2) is 31.2 Å². The van der Waals surface area contributed by atoms with Crippen molar-refractivity contribution < 1.29 is 27.8 Å². The van der Waals surface area contributed by atoms with Gasteiger partial charge in [0.2, 0.25) is 5.91 Å². The number of hydrogen-bond acceptors (Lipinski definition) is 5. The van der Waals surface area contributed by atoms with Crippen molar-refractivity contribution in [2.24, 2.45) is 5.92 Å². The average molecular weight is 369 g/mol. The second-order valence-electron chi connectivity index (χ2n) is 5.76. The van der Waals surface area contributed by atoms with Gasteiger partial charge in [0.15, 0.2) is 0 Å². The SMILES string of the molecule is CC(C)C[C@H](NC(=O)OCc1ccccc1OC(F)F)C(=O)NCC#N. The van der Waals surface area contributed by atoms with Crippen molar-refractivity contribution in [3.8, 4) is 11.8 Å². The Morgan fingerprint density at radius 1 is 1.27 bits per heavy atom. The third-order valence-electron chi connectivity index (χ3n) is 3.20. The Bertz CT molecular complexity index is 647. The Morgan fingerprint density at radius 2 is 1.96 bits per heavy atom. The van der Waals surface area contributed by atoms with E-state index >= 15 is 0 Å². The van der Waals surface area contributed by atoms with Crippen LogP contribution in [0.15, 0.2) is 24.3 Å². The fourth-order valence-electron chi connectivity index (χ4n) is 2.11. The van der Waals surface area contributed by atoms with Crippen LogP contribution >= 0.6 is 0 Å². The third kappa shape index (κ3) is 7.79. The lowest BCUT2D eigenvalue weighted by atomic mass is 10.0. The number of nitriles is 1. The van der Waals surface area contributed by atoms with Gasteiger partial charge >= 0.3 is 12.7 Å². The molecule has 9 heteroatoms. The third-order valence-corrected chi connectivity index (χ3v) is 3.20. The fraction of sp³-hybridized carbons (Fsp3) is 0.471. The highest BCUT2D eigenvalue weighted by molar-refractivity contribution is 5.85. The van der Waals surface area contributed by atoms with Crippen molar-refractivity contribution in [1.82, 2.24) is 10.6 Å². The van der Waals surface area contributed by atoms with E-state index in [0.717, 1.165) is 0 Å². The Labute approximate surface area is 150 Å². The molecule has 0 fully saturated rings. The van der Waals surface area contributed by atoms with Crippen LogP contribution in [0, 0.1) is 17.2 Å². The number of alkyl carbamates (subject to hydrolysis) is 1. The van der Waals surface area contributed by atoms with Crippen LogP contribution in [0.4, 0.5) is 13.6 Å². The first-order valence-electron chi connectivity index (χ1n) is 7.94. The molecule has 26 heavy (non-hydrogen) atoms. The molecule has 0 bridgehead atoms. The van der Waals surface area contributed by atoms with Crippen LogP contribution in [-0.2, 0) is 16.1 Å². The van der Waals surface area contributed by atoms with Gasteiger partial charge < -0.3 is 20.1 Å². The number of rotatable bonds is 9. The highest BCUT2D eigenvalue weighted by atomic mass is 19.3. The number of alkyl halides is 2. The molecular formula is C17H21F2N3O4. The summed E-state index contributed by atoms with van der Waals surface area (Å²) in [4.78, 5) is 23.9. The molecule has 0 aliphatic carbocycles. The van der Waals surface area contributed by atoms with E-state index in [-0.39, 0.29) is 30.4 Å². The fourth-order valence-corrected chi connectivity index (χ4v) is 2.11. The van der Waals surface area contributed by atoms with Crippen molar-refractivity contribution in [3.05, 3.63) is 29.8 Å². The molecule has 0 saturated carbocycles. The van der Waals surface area contributed by atoms with Gasteiger partial charge in [-0.1, -0.05) is 32.0 Å². The van der Waals surface area contributed by atoms with E-state index < -0.39 is 24.7 Å². The molecule has 1 atom stereocenters. The summed E-state index contributed by atoms with van der Waals surface area (Å²) in [7, 11) is 0. The molecule has 1 aromatic carbocycles. The van der Waals surface area contributed by atoms with Gasteiger partial charge in [0, 0.05) is 5.56 Å². The van der Waals surface area contributed by atoms with Crippen LogP contribution < -0.4 is 15.4 Å². The van der Waals surface area contributed by atoms with Gasteiger partial charge in [0.1, 0.15) is 24.9 Å². The van der Waals surface area contributed by atoms with Crippen LogP contribution in [0.3, 0.4) is 0 Å². The first-order valence-corrected chi connectivity index (χ1v) is 7.94. The van der Waals surface area contributed by atoms with E-state index in [1.807, 2.05) is 13.8 Å². The maximum Gasteiger partial charge on any atom is 0.408 e. The summed E-state index contributed by atoms with van der Waals surface area (Å²) in [5.41, 5.74) is 0.261. The zero-order chi connectivity index (χ0) is 19.5. The molecular weight excluding hydrogens is 348 g/mol. The minimum absolute atomic E-state index is 0.0965. The molecule has 0 unspecified atom stereocenters. The molecule has 0 spiro atoms. The Balaban J connectivity index is 2.65. The van der Waals surface area contributed by atoms with Gasteiger partial charge in [0.25, 0.3) is 0 Å². The molecule has 7 nitrogen and oxygen atoms in total. The molecule has 2 N–H and O–H groups in total. The van der Waals surface area contributed by atoms with E-state index in [1.165, 1.54) is 18.2 Å². The summed E-state index contributed by atoms with van der Waals surface area (Å²) in [5, 5.41) is 13.3. The summed E-state index contributed by atoms with van der Waals surface area (Å²) >= 11 is 0. The predicted octanol–water partition coefficient (Wildman–Crippen LogP) is 2.57. The molecule has 0 radical (unpaired) electrons. The van der Waals surface area contributed by atoms with Crippen LogP contribution in [0.1, 0.15) is 25.8 Å². The maximum atomic E-state index is 12.4. The molecule has 1 aromatic rings. The minimum atomic E-state index is -3.00. The highest BCUT2D eigenvalue weighted by Gasteiger charge is 2.22. The summed E-state index contributed by atoms with van der Waals surface area (Å²) in [6, 6.07) is 6.82. The largest absolute Gasteiger partial charge is 0.445 e. The summed E-state index contributed by atoms with van der Waals surface area (Å²) in [6.45, 7) is 0.264. The number of nitrogens with one attached hydrogen (secondary N) is 2. The molecule has 2 amide bonds. The molecule has 0 aromatic heterocycles. The van der Waals surface area contributed by atoms with Crippen molar-refractivity contribution in [2.75, 3.05) is 6.54 Å². The number of para-hydroxylation sites is 1. The minimum Gasteiger partial charge on any atom is -0.445 e. The van der Waals surface area contributed by atoms with Crippen LogP contribution in [0.2, 0.25) is 0 Å². The molecule has 0 aliphatic heterocycles. The number of nitrogens with zero attached hydrogens (tertiary/aromatic N) is 1. The van der Waals surface area contributed by atoms with Crippen molar-refractivity contribution >= 4 is 12.0 Å². The van der Waals surface area contributed by atoms with E-state index in [9.17, 15) is 18.4 Å². The first-order chi connectivity index (χ1) is 12.3. The van der Waals surface area contributed by atoms with Gasteiger partial charge in [-0.05, 0) is 18.4 Å². The van der Waals surface area contributed by atoms with Crippen molar-refractivity contribution in [2.45, 2.75) is 39.5 Å². The summed E-state index contributed by atoms with van der Waals surface area (Å²) < 4.78 is 34.1. The molecule has 1 rings (SSSR count).